The summed E-state index contributed by atoms with van der Waals surface area (Å²) in [6.07, 6.45) is 1.03. The first-order chi connectivity index (χ1) is 11.8. The summed E-state index contributed by atoms with van der Waals surface area (Å²) in [5.41, 5.74) is 3.23. The Morgan fingerprint density at radius 1 is 0.846 bits per heavy atom. The molecule has 0 unspecified atom stereocenters. The van der Waals surface area contributed by atoms with E-state index in [1.165, 1.54) is 0 Å². The number of hydrogen-bond acceptors (Lipinski definition) is 4. The molecule has 0 aliphatic rings. The summed E-state index contributed by atoms with van der Waals surface area (Å²) in [6, 6.07) is 6.81. The predicted octanol–water partition coefficient (Wildman–Crippen LogP) is 3.86. The zero-order chi connectivity index (χ0) is 19.9. The Balaban J connectivity index is 2.58. The van der Waals surface area contributed by atoms with Crippen molar-refractivity contribution in [3.05, 3.63) is 51.0 Å². The zero-order valence-electron chi connectivity index (χ0n) is 15.1. The molecule has 0 radical (unpaired) electrons. The number of aryl methyl sites for hydroxylation is 3. The highest BCUT2D eigenvalue weighted by Gasteiger charge is 2.24. The highest BCUT2D eigenvalue weighted by Crippen LogP contribution is 2.32. The maximum absolute atomic E-state index is 13.0. The SMILES string of the molecule is Cc1ccc(NS(=O)(=O)c2c(C)cc(C)c(NS(C)(=O)=O)c2C)cc1Br. The molecule has 2 N–H and O–H groups in total. The lowest BCUT2D eigenvalue weighted by molar-refractivity contribution is 0.599. The molecule has 0 spiro atoms. The van der Waals surface area contributed by atoms with Crippen LogP contribution in [0.2, 0.25) is 0 Å². The van der Waals surface area contributed by atoms with Gasteiger partial charge in [-0.15, -0.1) is 0 Å². The van der Waals surface area contributed by atoms with E-state index in [4.69, 9.17) is 0 Å². The summed E-state index contributed by atoms with van der Waals surface area (Å²) < 4.78 is 54.9. The van der Waals surface area contributed by atoms with Gasteiger partial charge in [0.05, 0.1) is 16.8 Å². The van der Waals surface area contributed by atoms with E-state index >= 15 is 0 Å². The van der Waals surface area contributed by atoms with Crippen molar-refractivity contribution >= 4 is 47.4 Å². The van der Waals surface area contributed by atoms with E-state index in [1.807, 2.05) is 6.92 Å². The minimum atomic E-state index is -3.90. The second-order valence-electron chi connectivity index (χ2n) is 6.28. The first-order valence-electron chi connectivity index (χ1n) is 7.69. The van der Waals surface area contributed by atoms with Crippen LogP contribution in [0.1, 0.15) is 22.3 Å². The molecule has 6 nitrogen and oxygen atoms in total. The molecular formula is C17H21BrN2O4S2. The predicted molar refractivity (Wildman–Crippen MR) is 109 cm³/mol. The van der Waals surface area contributed by atoms with Crippen molar-refractivity contribution in [1.82, 2.24) is 0 Å². The van der Waals surface area contributed by atoms with E-state index in [9.17, 15) is 16.8 Å². The molecule has 26 heavy (non-hydrogen) atoms. The van der Waals surface area contributed by atoms with E-state index in [0.717, 1.165) is 16.3 Å². The van der Waals surface area contributed by atoms with E-state index in [2.05, 4.69) is 25.4 Å². The summed E-state index contributed by atoms with van der Waals surface area (Å²) in [5, 5.41) is 0. The lowest BCUT2D eigenvalue weighted by atomic mass is 10.1. The van der Waals surface area contributed by atoms with Crippen LogP contribution in [0.4, 0.5) is 11.4 Å². The minimum Gasteiger partial charge on any atom is -0.283 e. The van der Waals surface area contributed by atoms with Crippen LogP contribution >= 0.6 is 15.9 Å². The van der Waals surface area contributed by atoms with Crippen molar-refractivity contribution in [3.8, 4) is 0 Å². The quantitative estimate of drug-likeness (QED) is 0.708. The Labute approximate surface area is 163 Å². The zero-order valence-corrected chi connectivity index (χ0v) is 18.4. The van der Waals surface area contributed by atoms with E-state index in [1.54, 1.807) is 45.0 Å². The average Bonchev–Trinajstić information content (AvgIpc) is 2.45. The number of sulfonamides is 2. The van der Waals surface area contributed by atoms with Crippen molar-refractivity contribution in [3.63, 3.8) is 0 Å². The number of hydrogen-bond donors (Lipinski definition) is 2. The van der Waals surface area contributed by atoms with Gasteiger partial charge in [0.2, 0.25) is 10.0 Å². The fourth-order valence-corrected chi connectivity index (χ4v) is 5.38. The van der Waals surface area contributed by atoms with Crippen LogP contribution in [-0.4, -0.2) is 23.1 Å². The molecule has 142 valence electrons. The lowest BCUT2D eigenvalue weighted by Crippen LogP contribution is -2.19. The van der Waals surface area contributed by atoms with E-state index in [0.29, 0.717) is 22.4 Å². The van der Waals surface area contributed by atoms with Crippen LogP contribution in [0.25, 0.3) is 0 Å². The smallest absolute Gasteiger partial charge is 0.262 e. The van der Waals surface area contributed by atoms with Gasteiger partial charge >= 0.3 is 0 Å². The molecule has 0 bridgehead atoms. The Kier molecular flexibility index (Phi) is 5.74. The summed E-state index contributed by atoms with van der Waals surface area (Å²) in [7, 11) is -7.44. The van der Waals surface area contributed by atoms with Gasteiger partial charge in [0, 0.05) is 10.2 Å². The molecule has 0 amide bonds. The normalized spacial score (nSPS) is 12.1. The molecule has 0 fully saturated rings. The third-order valence-corrected chi connectivity index (χ3v) is 6.98. The molecule has 2 aromatic rings. The standard InChI is InChI=1S/C17H21BrN2O4S2/c1-10-6-7-14(9-15(10)18)19-26(23,24)17-12(3)8-11(2)16(13(17)4)20-25(5,21)22/h6-9,19-20H,1-5H3. The van der Waals surface area contributed by atoms with Gasteiger partial charge in [0.1, 0.15) is 0 Å². The highest BCUT2D eigenvalue weighted by molar-refractivity contribution is 9.10. The Hall–Kier alpha value is -1.58. The third-order valence-electron chi connectivity index (χ3n) is 3.88. The van der Waals surface area contributed by atoms with Gasteiger partial charge in [-0.25, -0.2) is 16.8 Å². The molecule has 2 rings (SSSR count). The van der Waals surface area contributed by atoms with Crippen molar-refractivity contribution in [2.24, 2.45) is 0 Å². The molecule has 0 saturated carbocycles. The van der Waals surface area contributed by atoms with Gasteiger partial charge in [-0.2, -0.15) is 0 Å². The topological polar surface area (TPSA) is 92.3 Å². The minimum absolute atomic E-state index is 0.0611. The molecule has 0 aromatic heterocycles. The number of halogens is 1. The first kappa shape index (κ1) is 20.7. The molecule has 0 heterocycles. The van der Waals surface area contributed by atoms with Crippen LogP contribution in [0.5, 0.6) is 0 Å². The van der Waals surface area contributed by atoms with Crippen molar-refractivity contribution in [1.29, 1.82) is 0 Å². The summed E-state index contributed by atoms with van der Waals surface area (Å²) in [4.78, 5) is 0.0611. The molecule has 0 aliphatic carbocycles. The first-order valence-corrected chi connectivity index (χ1v) is 11.9. The van der Waals surface area contributed by atoms with Crippen LogP contribution in [0.3, 0.4) is 0 Å². The van der Waals surface area contributed by atoms with E-state index < -0.39 is 20.0 Å². The number of nitrogens with one attached hydrogen (secondary N) is 2. The lowest BCUT2D eigenvalue weighted by Gasteiger charge is -2.19. The average molecular weight is 461 g/mol. The van der Waals surface area contributed by atoms with Crippen molar-refractivity contribution in [2.45, 2.75) is 32.6 Å². The summed E-state index contributed by atoms with van der Waals surface area (Å²) in [6.45, 7) is 6.91. The summed E-state index contributed by atoms with van der Waals surface area (Å²) in [5.74, 6) is 0. The van der Waals surface area contributed by atoms with E-state index in [-0.39, 0.29) is 10.6 Å². The van der Waals surface area contributed by atoms with Gasteiger partial charge in [0.25, 0.3) is 10.0 Å². The fourth-order valence-electron chi connectivity index (χ4n) is 2.79. The Bertz CT molecular complexity index is 1080. The van der Waals surface area contributed by atoms with Gasteiger partial charge in [-0.3, -0.25) is 9.44 Å². The molecule has 9 heteroatoms. The molecular weight excluding hydrogens is 440 g/mol. The largest absolute Gasteiger partial charge is 0.283 e. The highest BCUT2D eigenvalue weighted by atomic mass is 79.9. The second kappa shape index (κ2) is 7.21. The Morgan fingerprint density at radius 3 is 2.00 bits per heavy atom. The number of rotatable bonds is 5. The maximum Gasteiger partial charge on any atom is 0.262 e. The van der Waals surface area contributed by atoms with Crippen LogP contribution in [0.15, 0.2) is 33.6 Å². The van der Waals surface area contributed by atoms with Gasteiger partial charge in [0.15, 0.2) is 0 Å². The van der Waals surface area contributed by atoms with Gasteiger partial charge < -0.3 is 0 Å². The van der Waals surface area contributed by atoms with Gasteiger partial charge in [-0.1, -0.05) is 28.1 Å². The third kappa shape index (κ3) is 4.57. The summed E-state index contributed by atoms with van der Waals surface area (Å²) >= 11 is 3.38. The molecule has 0 saturated heterocycles. The number of anilines is 2. The Morgan fingerprint density at radius 2 is 1.46 bits per heavy atom. The monoisotopic (exact) mass is 460 g/mol. The maximum atomic E-state index is 13.0. The van der Waals surface area contributed by atoms with Gasteiger partial charge in [-0.05, 0) is 62.1 Å². The molecule has 0 aliphatic heterocycles. The molecule has 2 aromatic carbocycles. The van der Waals surface area contributed by atoms with Crippen molar-refractivity contribution < 1.29 is 16.8 Å². The van der Waals surface area contributed by atoms with Crippen LogP contribution < -0.4 is 9.44 Å². The second-order valence-corrected chi connectivity index (χ2v) is 10.5. The number of benzene rings is 2. The fraction of sp³-hybridized carbons (Fsp3) is 0.294. The van der Waals surface area contributed by atoms with Crippen LogP contribution in [0, 0.1) is 27.7 Å². The van der Waals surface area contributed by atoms with Crippen LogP contribution in [-0.2, 0) is 20.0 Å². The molecule has 0 atom stereocenters. The van der Waals surface area contributed by atoms with Crippen molar-refractivity contribution in [2.75, 3.05) is 15.7 Å².